The summed E-state index contributed by atoms with van der Waals surface area (Å²) < 4.78 is 17.3. The van der Waals surface area contributed by atoms with Gasteiger partial charge in [-0.25, -0.2) is 0 Å². The highest BCUT2D eigenvalue weighted by Crippen LogP contribution is 2.29. The van der Waals surface area contributed by atoms with E-state index in [0.29, 0.717) is 38.8 Å². The Morgan fingerprint density at radius 2 is 1.61 bits per heavy atom. The topological polar surface area (TPSA) is 94.1 Å². The minimum absolute atomic E-state index is 0.0776. The van der Waals surface area contributed by atoms with Gasteiger partial charge in [0.25, 0.3) is 0 Å². The molecule has 44 heavy (non-hydrogen) atoms. The zero-order valence-electron chi connectivity index (χ0n) is 26.0. The van der Waals surface area contributed by atoms with E-state index >= 15 is 0 Å². The SMILES string of the molecule is [B][C@@H]1O[C@H](CC)[C@H](O)C1OCCCCCCNC(=O)CCCCCCC(=O)OC1Cc2ccccc2C#Cc2ccccc21. The molecule has 1 saturated heterocycles. The van der Waals surface area contributed by atoms with E-state index in [9.17, 15) is 14.7 Å². The number of fused-ring (bicyclic) bond motifs is 2. The van der Waals surface area contributed by atoms with Crippen molar-refractivity contribution < 1.29 is 28.9 Å². The summed E-state index contributed by atoms with van der Waals surface area (Å²) in [4.78, 5) is 24.9. The van der Waals surface area contributed by atoms with Crippen LogP contribution in [0.1, 0.15) is 106 Å². The summed E-state index contributed by atoms with van der Waals surface area (Å²) in [5.41, 5.74) is 3.91. The number of benzene rings is 2. The minimum atomic E-state index is -0.670. The number of carbonyl (C=O) groups is 2. The zero-order chi connectivity index (χ0) is 31.1. The molecule has 1 aliphatic heterocycles. The van der Waals surface area contributed by atoms with Crippen molar-refractivity contribution in [2.45, 2.75) is 114 Å². The van der Waals surface area contributed by atoms with Gasteiger partial charge in [-0.1, -0.05) is 80.8 Å². The monoisotopic (exact) mass is 599 g/mol. The summed E-state index contributed by atoms with van der Waals surface area (Å²) >= 11 is 0. The van der Waals surface area contributed by atoms with Crippen LogP contribution in [0.2, 0.25) is 0 Å². The molecule has 234 valence electrons. The number of amides is 1. The maximum atomic E-state index is 12.8. The van der Waals surface area contributed by atoms with Gasteiger partial charge >= 0.3 is 5.97 Å². The van der Waals surface area contributed by atoms with E-state index in [0.717, 1.165) is 73.6 Å². The summed E-state index contributed by atoms with van der Waals surface area (Å²) in [6.07, 6.45) is 7.56. The van der Waals surface area contributed by atoms with Gasteiger partial charge in [0.2, 0.25) is 5.91 Å². The number of esters is 1. The summed E-state index contributed by atoms with van der Waals surface area (Å²) in [5.74, 6) is 6.39. The first-order chi connectivity index (χ1) is 21.5. The molecular weight excluding hydrogens is 553 g/mol. The molecule has 1 aliphatic carbocycles. The van der Waals surface area contributed by atoms with E-state index in [1.165, 1.54) is 0 Å². The largest absolute Gasteiger partial charge is 0.457 e. The van der Waals surface area contributed by atoms with Crippen molar-refractivity contribution >= 4 is 19.7 Å². The van der Waals surface area contributed by atoms with Crippen molar-refractivity contribution in [3.8, 4) is 11.8 Å². The number of hydrogen-bond acceptors (Lipinski definition) is 6. The Morgan fingerprint density at radius 1 is 0.932 bits per heavy atom. The Morgan fingerprint density at radius 3 is 2.41 bits per heavy atom. The molecular formula is C36H46BNO6. The summed E-state index contributed by atoms with van der Waals surface area (Å²) in [6.45, 7) is 3.17. The molecule has 2 N–H and O–H groups in total. The predicted octanol–water partition coefficient (Wildman–Crippen LogP) is 5.29. The van der Waals surface area contributed by atoms with Crippen molar-refractivity contribution in [3.63, 3.8) is 0 Å². The molecule has 1 heterocycles. The predicted molar refractivity (Wildman–Crippen MR) is 171 cm³/mol. The van der Waals surface area contributed by atoms with Crippen molar-refractivity contribution in [1.82, 2.24) is 5.32 Å². The van der Waals surface area contributed by atoms with E-state index in [2.05, 4.69) is 17.2 Å². The third-order valence-corrected chi connectivity index (χ3v) is 8.35. The molecule has 7 nitrogen and oxygen atoms in total. The first kappa shape index (κ1) is 33.8. The number of unbranched alkanes of at least 4 members (excludes halogenated alkanes) is 6. The van der Waals surface area contributed by atoms with Crippen molar-refractivity contribution in [2.75, 3.05) is 13.2 Å². The lowest BCUT2D eigenvalue weighted by Gasteiger charge is -2.22. The molecule has 0 aromatic heterocycles. The second kappa shape index (κ2) is 18.0. The van der Waals surface area contributed by atoms with Crippen LogP contribution >= 0.6 is 0 Å². The lowest BCUT2D eigenvalue weighted by Crippen LogP contribution is -2.35. The smallest absolute Gasteiger partial charge is 0.306 e. The number of aliphatic hydroxyl groups excluding tert-OH is 1. The van der Waals surface area contributed by atoms with Gasteiger partial charge < -0.3 is 24.6 Å². The van der Waals surface area contributed by atoms with Gasteiger partial charge in [-0.2, -0.15) is 0 Å². The molecule has 2 aliphatic rings. The number of carbonyl (C=O) groups excluding carboxylic acids is 2. The van der Waals surface area contributed by atoms with Gasteiger partial charge in [-0.3, -0.25) is 9.59 Å². The number of nitrogens with one attached hydrogen (secondary N) is 1. The van der Waals surface area contributed by atoms with Crippen LogP contribution in [0.3, 0.4) is 0 Å². The van der Waals surface area contributed by atoms with E-state index in [1.807, 2.05) is 55.5 Å². The van der Waals surface area contributed by atoms with Crippen LogP contribution in [-0.2, 0) is 30.2 Å². The van der Waals surface area contributed by atoms with Crippen LogP contribution < -0.4 is 5.32 Å². The van der Waals surface area contributed by atoms with Crippen molar-refractivity contribution in [2.24, 2.45) is 0 Å². The number of ether oxygens (including phenoxy) is 3. The molecule has 2 aromatic rings. The summed E-state index contributed by atoms with van der Waals surface area (Å²) in [5, 5.41) is 13.2. The van der Waals surface area contributed by atoms with E-state index in [1.54, 1.807) is 0 Å². The fraction of sp³-hybridized carbons (Fsp3) is 0.556. The third kappa shape index (κ3) is 10.2. The molecule has 2 unspecified atom stereocenters. The maximum absolute atomic E-state index is 12.8. The average Bonchev–Trinajstić information content (AvgIpc) is 3.30. The first-order valence-corrected chi connectivity index (χ1v) is 16.3. The average molecular weight is 600 g/mol. The molecule has 2 radical (unpaired) electrons. The van der Waals surface area contributed by atoms with Crippen LogP contribution in [-0.4, -0.2) is 62.3 Å². The Kier molecular flexibility index (Phi) is 13.8. The molecule has 2 aromatic carbocycles. The van der Waals surface area contributed by atoms with Gasteiger partial charge in [0.15, 0.2) is 0 Å². The molecule has 5 atom stereocenters. The second-order valence-corrected chi connectivity index (χ2v) is 11.7. The van der Waals surface area contributed by atoms with Gasteiger partial charge in [-0.15, -0.1) is 0 Å². The van der Waals surface area contributed by atoms with Crippen molar-refractivity contribution in [1.29, 1.82) is 0 Å². The van der Waals surface area contributed by atoms with Crippen LogP contribution in [0.25, 0.3) is 0 Å². The van der Waals surface area contributed by atoms with Crippen LogP contribution in [0.4, 0.5) is 0 Å². The maximum Gasteiger partial charge on any atom is 0.306 e. The summed E-state index contributed by atoms with van der Waals surface area (Å²) in [6, 6.07) is 15.3. The van der Waals surface area contributed by atoms with Gasteiger partial charge in [0.1, 0.15) is 26.2 Å². The molecule has 1 fully saturated rings. The van der Waals surface area contributed by atoms with E-state index < -0.39 is 18.2 Å². The third-order valence-electron chi connectivity index (χ3n) is 8.35. The second-order valence-electron chi connectivity index (χ2n) is 11.7. The normalized spacial score (nSPS) is 22.1. The quantitative estimate of drug-likeness (QED) is 0.111. The minimum Gasteiger partial charge on any atom is -0.457 e. The van der Waals surface area contributed by atoms with Crippen LogP contribution in [0.15, 0.2) is 48.5 Å². The van der Waals surface area contributed by atoms with Crippen LogP contribution in [0, 0.1) is 11.8 Å². The van der Waals surface area contributed by atoms with Gasteiger partial charge in [0, 0.05) is 55.1 Å². The van der Waals surface area contributed by atoms with E-state index in [-0.39, 0.29) is 24.1 Å². The molecule has 0 saturated carbocycles. The lowest BCUT2D eigenvalue weighted by molar-refractivity contribution is -0.149. The highest BCUT2D eigenvalue weighted by Gasteiger charge is 2.40. The number of aliphatic hydroxyl groups is 1. The molecule has 1 amide bonds. The Bertz CT molecular complexity index is 1270. The Labute approximate surface area is 263 Å². The molecule has 4 rings (SSSR count). The summed E-state index contributed by atoms with van der Waals surface area (Å²) in [7, 11) is 5.91. The Balaban J connectivity index is 1.02. The zero-order valence-corrected chi connectivity index (χ0v) is 26.0. The van der Waals surface area contributed by atoms with Crippen molar-refractivity contribution in [3.05, 3.63) is 70.8 Å². The Hall–Kier alpha value is -3.12. The first-order valence-electron chi connectivity index (χ1n) is 16.3. The van der Waals surface area contributed by atoms with Gasteiger partial charge in [0.05, 0.1) is 6.10 Å². The fourth-order valence-electron chi connectivity index (χ4n) is 5.80. The number of rotatable bonds is 17. The highest BCUT2D eigenvalue weighted by molar-refractivity contribution is 6.11. The standard InChI is InChI=1S/C36H46BNO6/c1-2-30-34(41)35(36(37)44-30)42-24-14-6-5-13-23-38-32(39)19-7-3-4-8-20-33(40)43-31-25-28-17-10-9-15-26(28)21-22-27-16-11-12-18-29(27)31/h9-12,15-18,30-31,34-36,41H,2-8,13-14,19-20,23-25H2,1H3,(H,38,39)/t30-,31?,34+,35?,36-/m1/s1. The molecule has 0 spiro atoms. The van der Waals surface area contributed by atoms with Gasteiger partial charge in [-0.05, 0) is 49.8 Å². The fourth-order valence-corrected chi connectivity index (χ4v) is 5.80. The number of hydrogen-bond donors (Lipinski definition) is 2. The highest BCUT2D eigenvalue weighted by atomic mass is 16.6. The van der Waals surface area contributed by atoms with E-state index in [4.69, 9.17) is 22.1 Å². The lowest BCUT2D eigenvalue weighted by atomic mass is 9.92. The van der Waals surface area contributed by atoms with Crippen LogP contribution in [0.5, 0.6) is 0 Å². The molecule has 8 heteroatoms. The molecule has 0 bridgehead atoms.